The molecule has 27 heavy (non-hydrogen) atoms. The van der Waals surface area contributed by atoms with Gasteiger partial charge in [-0.05, 0) is 55.8 Å². The molecule has 0 aliphatic rings. The van der Waals surface area contributed by atoms with Gasteiger partial charge in [0.25, 0.3) is 5.56 Å². The summed E-state index contributed by atoms with van der Waals surface area (Å²) in [7, 11) is 0. The number of nitrogens with zero attached hydrogens (tertiary/aromatic N) is 2. The molecule has 142 valence electrons. The van der Waals surface area contributed by atoms with E-state index in [1.54, 1.807) is 4.57 Å². The van der Waals surface area contributed by atoms with E-state index in [0.717, 1.165) is 23.2 Å². The average molecular weight is 402 g/mol. The molecule has 1 aromatic carbocycles. The molecule has 7 heteroatoms. The lowest BCUT2D eigenvalue weighted by molar-refractivity contribution is -0.119. The maximum absolute atomic E-state index is 13.2. The van der Waals surface area contributed by atoms with Crippen LogP contribution in [0.3, 0.4) is 0 Å². The Bertz CT molecular complexity index is 1040. The summed E-state index contributed by atoms with van der Waals surface area (Å²) in [4.78, 5) is 30.0. The molecule has 2 heterocycles. The molecule has 0 aliphatic carbocycles. The molecule has 0 unspecified atom stereocenters. The number of rotatable bonds is 6. The average Bonchev–Trinajstić information content (AvgIpc) is 3.11. The van der Waals surface area contributed by atoms with Crippen molar-refractivity contribution >= 4 is 39.2 Å². The zero-order valence-electron chi connectivity index (χ0n) is 15.9. The maximum atomic E-state index is 13.2. The summed E-state index contributed by atoms with van der Waals surface area (Å²) in [5.74, 6) is 0.165. The molecule has 3 rings (SSSR count). The van der Waals surface area contributed by atoms with E-state index in [4.69, 9.17) is 0 Å². The van der Waals surface area contributed by atoms with Crippen molar-refractivity contribution in [3.05, 3.63) is 51.1 Å². The molecule has 1 atom stereocenters. The maximum Gasteiger partial charge on any atom is 0.276 e. The molecule has 0 radical (unpaired) electrons. The van der Waals surface area contributed by atoms with Crippen molar-refractivity contribution in [2.24, 2.45) is 0 Å². The number of thiophene rings is 1. The second-order valence-electron chi connectivity index (χ2n) is 6.63. The van der Waals surface area contributed by atoms with Gasteiger partial charge < -0.3 is 5.32 Å². The van der Waals surface area contributed by atoms with Crippen LogP contribution in [0.5, 0.6) is 0 Å². The molecular formula is C20H23N3O2S2. The number of carbonyl (C=O) groups excluding carboxylic acids is 1. The largest absolute Gasteiger partial charge is 0.353 e. The highest BCUT2D eigenvalue weighted by Gasteiger charge is 2.17. The third kappa shape index (κ3) is 4.25. The summed E-state index contributed by atoms with van der Waals surface area (Å²) in [5.41, 5.74) is 3.46. The van der Waals surface area contributed by atoms with Gasteiger partial charge in [0, 0.05) is 6.04 Å². The highest BCUT2D eigenvalue weighted by molar-refractivity contribution is 7.99. The van der Waals surface area contributed by atoms with Gasteiger partial charge in [0.2, 0.25) is 5.91 Å². The van der Waals surface area contributed by atoms with Crippen LogP contribution in [0.2, 0.25) is 0 Å². The van der Waals surface area contributed by atoms with Crippen molar-refractivity contribution in [1.29, 1.82) is 0 Å². The lowest BCUT2D eigenvalue weighted by Gasteiger charge is -2.15. The third-order valence-corrected chi connectivity index (χ3v) is 6.24. The number of carbonyl (C=O) groups is 1. The van der Waals surface area contributed by atoms with Crippen molar-refractivity contribution in [3.63, 3.8) is 0 Å². The number of hydrogen-bond donors (Lipinski definition) is 1. The molecule has 3 aromatic rings. The van der Waals surface area contributed by atoms with Gasteiger partial charge in [-0.2, -0.15) is 0 Å². The fraction of sp³-hybridized carbons (Fsp3) is 0.350. The van der Waals surface area contributed by atoms with Crippen molar-refractivity contribution in [2.45, 2.75) is 45.3 Å². The first-order valence-corrected chi connectivity index (χ1v) is 10.8. The minimum atomic E-state index is -0.0893. The molecule has 0 fully saturated rings. The van der Waals surface area contributed by atoms with Crippen LogP contribution in [0.1, 0.15) is 31.4 Å². The van der Waals surface area contributed by atoms with E-state index in [1.807, 2.05) is 57.3 Å². The summed E-state index contributed by atoms with van der Waals surface area (Å²) >= 11 is 2.69. The normalized spacial score (nSPS) is 12.3. The Morgan fingerprint density at radius 1 is 1.33 bits per heavy atom. The van der Waals surface area contributed by atoms with E-state index in [0.29, 0.717) is 15.4 Å². The topological polar surface area (TPSA) is 64.0 Å². The van der Waals surface area contributed by atoms with Crippen LogP contribution in [-0.2, 0) is 4.79 Å². The number of thioether (sulfide) groups is 1. The van der Waals surface area contributed by atoms with Crippen molar-refractivity contribution < 1.29 is 4.79 Å². The summed E-state index contributed by atoms with van der Waals surface area (Å²) < 4.78 is 2.27. The van der Waals surface area contributed by atoms with Gasteiger partial charge in [0.05, 0.1) is 17.0 Å². The van der Waals surface area contributed by atoms with E-state index in [-0.39, 0.29) is 23.3 Å². The number of aryl methyl sites for hydroxylation is 2. The Kier molecular flexibility index (Phi) is 6.01. The van der Waals surface area contributed by atoms with Crippen LogP contribution >= 0.6 is 23.1 Å². The number of fused-ring (bicyclic) bond motifs is 1. The van der Waals surface area contributed by atoms with Crippen molar-refractivity contribution in [2.75, 3.05) is 5.75 Å². The van der Waals surface area contributed by atoms with E-state index >= 15 is 0 Å². The van der Waals surface area contributed by atoms with E-state index in [1.165, 1.54) is 23.1 Å². The lowest BCUT2D eigenvalue weighted by Crippen LogP contribution is -2.33. The SMILES string of the molecule is CC[C@@H](C)NC(=O)CSc1nc2ccsc2c(=O)n1-c1cc(C)ccc1C. The minimum Gasteiger partial charge on any atom is -0.353 e. The van der Waals surface area contributed by atoms with Crippen molar-refractivity contribution in [1.82, 2.24) is 14.9 Å². The van der Waals surface area contributed by atoms with Crippen LogP contribution in [0, 0.1) is 13.8 Å². The smallest absolute Gasteiger partial charge is 0.276 e. The van der Waals surface area contributed by atoms with Gasteiger partial charge >= 0.3 is 0 Å². The highest BCUT2D eigenvalue weighted by atomic mass is 32.2. The van der Waals surface area contributed by atoms with E-state index < -0.39 is 0 Å². The van der Waals surface area contributed by atoms with Crippen LogP contribution in [-0.4, -0.2) is 27.3 Å². The molecule has 2 aromatic heterocycles. The highest BCUT2D eigenvalue weighted by Crippen LogP contribution is 2.25. The Labute approximate surface area is 166 Å². The predicted molar refractivity (Wildman–Crippen MR) is 113 cm³/mol. The van der Waals surface area contributed by atoms with Gasteiger partial charge in [0.1, 0.15) is 4.70 Å². The number of nitrogens with one attached hydrogen (secondary N) is 1. The van der Waals surface area contributed by atoms with Gasteiger partial charge in [0.15, 0.2) is 5.16 Å². The lowest BCUT2D eigenvalue weighted by atomic mass is 10.1. The van der Waals surface area contributed by atoms with Crippen LogP contribution in [0.4, 0.5) is 0 Å². The third-order valence-electron chi connectivity index (χ3n) is 4.41. The Balaban J connectivity index is 2.04. The zero-order valence-corrected chi connectivity index (χ0v) is 17.5. The Morgan fingerprint density at radius 2 is 2.11 bits per heavy atom. The summed E-state index contributed by atoms with van der Waals surface area (Å²) in [6, 6.07) is 7.98. The van der Waals surface area contributed by atoms with Gasteiger partial charge in [-0.25, -0.2) is 4.98 Å². The minimum absolute atomic E-state index is 0.0541. The second kappa shape index (κ2) is 8.27. The van der Waals surface area contributed by atoms with E-state index in [2.05, 4.69) is 10.3 Å². The Hall–Kier alpha value is -2.12. The standard InChI is InChI=1S/C20H23N3O2S2/c1-5-14(4)21-17(24)11-27-20-22-15-8-9-26-18(15)19(25)23(20)16-10-12(2)6-7-13(16)3/h6-10,14H,5,11H2,1-4H3,(H,21,24)/t14-/m1/s1. The van der Waals surface area contributed by atoms with Crippen LogP contribution in [0.15, 0.2) is 39.6 Å². The molecule has 0 spiro atoms. The molecule has 1 N–H and O–H groups in total. The summed E-state index contributed by atoms with van der Waals surface area (Å²) in [6.45, 7) is 7.98. The molecule has 0 bridgehead atoms. The first-order chi connectivity index (χ1) is 12.9. The first-order valence-electron chi connectivity index (χ1n) is 8.90. The quantitative estimate of drug-likeness (QED) is 0.499. The second-order valence-corrected chi connectivity index (χ2v) is 8.48. The molecule has 0 saturated heterocycles. The fourth-order valence-corrected chi connectivity index (χ4v) is 4.29. The number of amides is 1. The van der Waals surface area contributed by atoms with Gasteiger partial charge in [-0.1, -0.05) is 30.8 Å². The number of aromatic nitrogens is 2. The summed E-state index contributed by atoms with van der Waals surface area (Å²) in [6.07, 6.45) is 0.878. The molecule has 5 nitrogen and oxygen atoms in total. The van der Waals surface area contributed by atoms with Crippen LogP contribution in [0.25, 0.3) is 15.9 Å². The number of hydrogen-bond acceptors (Lipinski definition) is 5. The monoisotopic (exact) mass is 401 g/mol. The van der Waals surface area contributed by atoms with Gasteiger partial charge in [-0.15, -0.1) is 11.3 Å². The zero-order chi connectivity index (χ0) is 19.6. The predicted octanol–water partition coefficient (Wildman–Crippen LogP) is 4.07. The van der Waals surface area contributed by atoms with Crippen LogP contribution < -0.4 is 10.9 Å². The first kappa shape index (κ1) is 19.6. The number of benzene rings is 1. The molecule has 0 saturated carbocycles. The summed E-state index contributed by atoms with van der Waals surface area (Å²) in [5, 5.41) is 5.37. The van der Waals surface area contributed by atoms with Gasteiger partial charge in [-0.3, -0.25) is 14.2 Å². The molecular weight excluding hydrogens is 378 g/mol. The Morgan fingerprint density at radius 3 is 2.85 bits per heavy atom. The fourth-order valence-electron chi connectivity index (χ4n) is 2.71. The van der Waals surface area contributed by atoms with E-state index in [9.17, 15) is 9.59 Å². The molecule has 1 amide bonds. The molecule has 0 aliphatic heterocycles. The van der Waals surface area contributed by atoms with Crippen molar-refractivity contribution in [3.8, 4) is 5.69 Å².